The van der Waals surface area contributed by atoms with E-state index in [4.69, 9.17) is 4.42 Å². The van der Waals surface area contributed by atoms with Crippen LogP contribution >= 0.6 is 0 Å². The van der Waals surface area contributed by atoms with Gasteiger partial charge in [0.25, 0.3) is 0 Å². The third-order valence-corrected chi connectivity index (χ3v) is 4.45. The smallest absolute Gasteiger partial charge is 0.134 e. The molecule has 3 rings (SSSR count). The number of rotatable bonds is 4. The number of hydrogen-bond donors (Lipinski definition) is 1. The van der Waals surface area contributed by atoms with Crippen LogP contribution in [0.15, 0.2) is 34.7 Å². The second-order valence-corrected chi connectivity index (χ2v) is 5.92. The van der Waals surface area contributed by atoms with Gasteiger partial charge in [0.1, 0.15) is 11.3 Å². The quantitative estimate of drug-likeness (QED) is 0.924. The molecule has 1 saturated heterocycles. The summed E-state index contributed by atoms with van der Waals surface area (Å²) in [5.74, 6) is 1.86. The molecule has 1 aromatic carbocycles. The number of furan rings is 1. The fraction of sp³-hybridized carbons (Fsp3) is 0.529. The van der Waals surface area contributed by atoms with Gasteiger partial charge in [0.15, 0.2) is 0 Å². The van der Waals surface area contributed by atoms with E-state index in [9.17, 15) is 0 Å². The van der Waals surface area contributed by atoms with E-state index in [0.717, 1.165) is 23.8 Å². The summed E-state index contributed by atoms with van der Waals surface area (Å²) >= 11 is 0. The van der Waals surface area contributed by atoms with Crippen molar-refractivity contribution in [2.45, 2.75) is 25.8 Å². The largest absolute Gasteiger partial charge is 0.459 e. The number of nitrogens with one attached hydrogen (secondary N) is 1. The van der Waals surface area contributed by atoms with Crippen LogP contribution in [0, 0.1) is 5.92 Å². The van der Waals surface area contributed by atoms with Gasteiger partial charge in [-0.25, -0.2) is 0 Å². The Morgan fingerprint density at radius 3 is 3.05 bits per heavy atom. The van der Waals surface area contributed by atoms with Crippen LogP contribution in [-0.2, 0) is 0 Å². The van der Waals surface area contributed by atoms with E-state index in [1.54, 1.807) is 0 Å². The molecule has 3 heteroatoms. The number of para-hydroxylation sites is 1. The van der Waals surface area contributed by atoms with Gasteiger partial charge in [0, 0.05) is 11.9 Å². The first-order chi connectivity index (χ1) is 9.78. The lowest BCUT2D eigenvalue weighted by atomic mass is 9.96. The molecule has 0 amide bonds. The Balaban J connectivity index is 1.75. The molecule has 2 unspecified atom stereocenters. The van der Waals surface area contributed by atoms with Gasteiger partial charge in [-0.3, -0.25) is 4.90 Å². The van der Waals surface area contributed by atoms with Gasteiger partial charge in [-0.1, -0.05) is 18.2 Å². The normalized spacial score (nSPS) is 22.2. The van der Waals surface area contributed by atoms with Gasteiger partial charge in [-0.15, -0.1) is 0 Å². The van der Waals surface area contributed by atoms with Crippen LogP contribution in [-0.4, -0.2) is 31.6 Å². The van der Waals surface area contributed by atoms with Crippen LogP contribution in [0.5, 0.6) is 0 Å². The molecule has 1 N–H and O–H groups in total. The molecule has 1 aliphatic rings. The van der Waals surface area contributed by atoms with Gasteiger partial charge in [0.2, 0.25) is 0 Å². The monoisotopic (exact) mass is 272 g/mol. The Bertz CT molecular complexity index is 528. The average Bonchev–Trinajstić information content (AvgIpc) is 2.91. The summed E-state index contributed by atoms with van der Waals surface area (Å²) in [6.45, 7) is 5.72. The molecule has 0 spiro atoms. The Kier molecular flexibility index (Phi) is 4.08. The molecular formula is C17H24N2O. The first-order valence-corrected chi connectivity index (χ1v) is 7.65. The fourth-order valence-electron chi connectivity index (χ4n) is 3.29. The summed E-state index contributed by atoms with van der Waals surface area (Å²) in [6.07, 6.45) is 2.63. The van der Waals surface area contributed by atoms with Gasteiger partial charge >= 0.3 is 0 Å². The maximum absolute atomic E-state index is 6.02. The molecule has 1 aromatic heterocycles. The Labute approximate surface area is 120 Å². The van der Waals surface area contributed by atoms with Crippen molar-refractivity contribution in [1.29, 1.82) is 0 Å². The van der Waals surface area contributed by atoms with Crippen molar-refractivity contribution < 1.29 is 4.42 Å². The minimum Gasteiger partial charge on any atom is -0.459 e. The minimum absolute atomic E-state index is 0.363. The predicted molar refractivity (Wildman–Crippen MR) is 82.9 cm³/mol. The van der Waals surface area contributed by atoms with Crippen molar-refractivity contribution in [1.82, 2.24) is 10.2 Å². The van der Waals surface area contributed by atoms with Gasteiger partial charge in [0.05, 0.1) is 6.04 Å². The summed E-state index contributed by atoms with van der Waals surface area (Å²) in [6, 6.07) is 10.8. The van der Waals surface area contributed by atoms with Crippen LogP contribution in [0.25, 0.3) is 11.0 Å². The Morgan fingerprint density at radius 2 is 2.25 bits per heavy atom. The van der Waals surface area contributed by atoms with Crippen molar-refractivity contribution >= 4 is 11.0 Å². The SMILES string of the molecule is CNCC1CCCN(C(C)c2cc3ccccc3o2)C1. The highest BCUT2D eigenvalue weighted by molar-refractivity contribution is 5.77. The molecular weight excluding hydrogens is 248 g/mol. The molecule has 0 radical (unpaired) electrons. The third kappa shape index (κ3) is 2.74. The zero-order valence-corrected chi connectivity index (χ0v) is 12.4. The highest BCUT2D eigenvalue weighted by Gasteiger charge is 2.25. The highest BCUT2D eigenvalue weighted by atomic mass is 16.3. The van der Waals surface area contributed by atoms with Gasteiger partial charge in [-0.05, 0) is 58.0 Å². The number of hydrogen-bond acceptors (Lipinski definition) is 3. The predicted octanol–water partition coefficient (Wildman–Crippen LogP) is 3.43. The lowest BCUT2D eigenvalue weighted by molar-refractivity contribution is 0.120. The van der Waals surface area contributed by atoms with Crippen LogP contribution in [0.4, 0.5) is 0 Å². The van der Waals surface area contributed by atoms with Crippen molar-refractivity contribution in [3.63, 3.8) is 0 Å². The van der Waals surface area contributed by atoms with E-state index in [2.05, 4.69) is 35.3 Å². The molecule has 3 nitrogen and oxygen atoms in total. The van der Waals surface area contributed by atoms with Crippen molar-refractivity contribution in [3.05, 3.63) is 36.1 Å². The second-order valence-electron chi connectivity index (χ2n) is 5.92. The molecule has 2 aromatic rings. The van der Waals surface area contributed by atoms with Crippen LogP contribution < -0.4 is 5.32 Å². The van der Waals surface area contributed by atoms with E-state index in [0.29, 0.717) is 6.04 Å². The standard InChI is InChI=1S/C17H24N2O/c1-13(19-9-5-6-14(12-19)11-18-2)17-10-15-7-3-4-8-16(15)20-17/h3-4,7-8,10,13-14,18H,5-6,9,11-12H2,1-2H3. The van der Waals surface area contributed by atoms with Crippen molar-refractivity contribution in [2.24, 2.45) is 5.92 Å². The fourth-order valence-corrected chi connectivity index (χ4v) is 3.29. The molecule has 20 heavy (non-hydrogen) atoms. The van der Waals surface area contributed by atoms with E-state index in [-0.39, 0.29) is 0 Å². The minimum atomic E-state index is 0.363. The maximum Gasteiger partial charge on any atom is 0.134 e. The zero-order valence-electron chi connectivity index (χ0n) is 12.4. The number of fused-ring (bicyclic) bond motifs is 1. The Morgan fingerprint density at radius 1 is 1.40 bits per heavy atom. The van der Waals surface area contributed by atoms with Gasteiger partial charge in [-0.2, -0.15) is 0 Å². The summed E-state index contributed by atoms with van der Waals surface area (Å²) in [7, 11) is 2.04. The van der Waals surface area contributed by atoms with Crippen molar-refractivity contribution in [2.75, 3.05) is 26.7 Å². The van der Waals surface area contributed by atoms with E-state index in [1.165, 1.54) is 31.3 Å². The lowest BCUT2D eigenvalue weighted by Crippen LogP contribution is -2.40. The van der Waals surface area contributed by atoms with E-state index in [1.807, 2.05) is 19.2 Å². The molecule has 0 saturated carbocycles. The number of piperidine rings is 1. The number of likely N-dealkylation sites (tertiary alicyclic amines) is 1. The first-order valence-electron chi connectivity index (χ1n) is 7.65. The summed E-state index contributed by atoms with van der Waals surface area (Å²) in [4.78, 5) is 2.56. The Hall–Kier alpha value is -1.32. The lowest BCUT2D eigenvalue weighted by Gasteiger charge is -2.36. The third-order valence-electron chi connectivity index (χ3n) is 4.45. The molecule has 0 aliphatic carbocycles. The molecule has 0 bridgehead atoms. The molecule has 2 heterocycles. The summed E-state index contributed by atoms with van der Waals surface area (Å²) in [5, 5.41) is 4.51. The molecule has 108 valence electrons. The number of nitrogens with zero attached hydrogens (tertiary/aromatic N) is 1. The highest BCUT2D eigenvalue weighted by Crippen LogP contribution is 2.30. The summed E-state index contributed by atoms with van der Waals surface area (Å²) < 4.78 is 6.02. The second kappa shape index (κ2) is 5.98. The average molecular weight is 272 g/mol. The topological polar surface area (TPSA) is 28.4 Å². The maximum atomic E-state index is 6.02. The van der Waals surface area contributed by atoms with Crippen LogP contribution in [0.1, 0.15) is 31.6 Å². The van der Waals surface area contributed by atoms with Crippen LogP contribution in [0.2, 0.25) is 0 Å². The van der Waals surface area contributed by atoms with E-state index < -0.39 is 0 Å². The van der Waals surface area contributed by atoms with Crippen molar-refractivity contribution in [3.8, 4) is 0 Å². The van der Waals surface area contributed by atoms with E-state index >= 15 is 0 Å². The van der Waals surface area contributed by atoms with Gasteiger partial charge < -0.3 is 9.73 Å². The molecule has 1 fully saturated rings. The molecule has 1 aliphatic heterocycles. The first kappa shape index (κ1) is 13.7. The number of benzene rings is 1. The molecule has 2 atom stereocenters. The summed E-state index contributed by atoms with van der Waals surface area (Å²) in [5.41, 5.74) is 0.998. The zero-order chi connectivity index (χ0) is 13.9. The van der Waals surface area contributed by atoms with Crippen LogP contribution in [0.3, 0.4) is 0 Å².